The molecule has 0 saturated carbocycles. The lowest BCUT2D eigenvalue weighted by Crippen LogP contribution is -2.50. The van der Waals surface area contributed by atoms with Gasteiger partial charge in [-0.1, -0.05) is 39.0 Å². The molecular weight excluding hydrogens is 304 g/mol. The lowest BCUT2D eigenvalue weighted by molar-refractivity contribution is -0.136. The minimum Gasteiger partial charge on any atom is -0.342 e. The first-order chi connectivity index (χ1) is 11.1. The Morgan fingerprint density at radius 3 is 2.91 bits per heavy atom. The second-order valence-electron chi connectivity index (χ2n) is 6.95. The number of amides is 1. The van der Waals surface area contributed by atoms with Gasteiger partial charge in [-0.2, -0.15) is 0 Å². The van der Waals surface area contributed by atoms with Gasteiger partial charge >= 0.3 is 0 Å². The number of piperidine rings is 1. The summed E-state index contributed by atoms with van der Waals surface area (Å²) in [4.78, 5) is 14.2. The van der Waals surface area contributed by atoms with Crippen molar-refractivity contribution < 1.29 is 4.79 Å². The Morgan fingerprint density at radius 1 is 1.39 bits per heavy atom. The van der Waals surface area contributed by atoms with Crippen molar-refractivity contribution in [1.29, 1.82) is 0 Å². The van der Waals surface area contributed by atoms with Crippen LogP contribution in [0.5, 0.6) is 0 Å². The fourth-order valence-electron chi connectivity index (χ4n) is 3.42. The lowest BCUT2D eigenvalue weighted by atomic mass is 9.93. The van der Waals surface area contributed by atoms with Crippen LogP contribution < -0.4 is 5.32 Å². The number of thiophene rings is 1. The number of fused-ring (bicyclic) bond motifs is 1. The van der Waals surface area contributed by atoms with Gasteiger partial charge in [-0.05, 0) is 34.7 Å². The highest BCUT2D eigenvalue weighted by molar-refractivity contribution is 7.17. The number of likely N-dealkylation sites (tertiary alicyclic amines) is 1. The topological polar surface area (TPSA) is 32.3 Å². The molecule has 1 saturated heterocycles. The van der Waals surface area contributed by atoms with Crippen molar-refractivity contribution in [3.63, 3.8) is 0 Å². The van der Waals surface area contributed by atoms with E-state index < -0.39 is 0 Å². The number of carbonyl (C=O) groups excluding carboxylic acids is 1. The van der Waals surface area contributed by atoms with Crippen LogP contribution in [0.2, 0.25) is 0 Å². The van der Waals surface area contributed by atoms with Crippen molar-refractivity contribution in [3.05, 3.63) is 35.2 Å². The highest BCUT2D eigenvalue weighted by Gasteiger charge is 2.29. The molecule has 1 aliphatic rings. The molecule has 0 spiro atoms. The Bertz CT molecular complexity index is 679. The minimum atomic E-state index is 0.101. The van der Waals surface area contributed by atoms with E-state index in [2.05, 4.69) is 41.9 Å². The lowest BCUT2D eigenvalue weighted by Gasteiger charge is -2.38. The van der Waals surface area contributed by atoms with Crippen molar-refractivity contribution in [1.82, 2.24) is 10.2 Å². The number of benzene rings is 1. The second-order valence-corrected chi connectivity index (χ2v) is 7.86. The van der Waals surface area contributed by atoms with Crippen LogP contribution in [-0.4, -0.2) is 29.9 Å². The summed E-state index contributed by atoms with van der Waals surface area (Å²) in [5.74, 6) is 0.888. The van der Waals surface area contributed by atoms with Gasteiger partial charge in [-0.25, -0.2) is 0 Å². The molecule has 3 nitrogen and oxygen atoms in total. The van der Waals surface area contributed by atoms with Gasteiger partial charge < -0.3 is 10.2 Å². The van der Waals surface area contributed by atoms with Crippen molar-refractivity contribution >= 4 is 27.3 Å². The minimum absolute atomic E-state index is 0.101. The van der Waals surface area contributed by atoms with Crippen LogP contribution in [0.3, 0.4) is 0 Å². The quantitative estimate of drug-likeness (QED) is 0.922. The zero-order valence-electron chi connectivity index (χ0n) is 14.2. The third-order valence-electron chi connectivity index (χ3n) is 4.83. The van der Waals surface area contributed by atoms with Gasteiger partial charge in [0.15, 0.2) is 0 Å². The average molecular weight is 330 g/mol. The normalized spacial score (nSPS) is 22.0. The number of nitrogens with one attached hydrogen (secondary N) is 1. The fourth-order valence-corrected chi connectivity index (χ4v) is 4.39. The SMILES string of the molecule is CC(C)C(=O)N1CC[C@@H](NCc2csc3ccccc23)[C@@H](C)C1. The highest BCUT2D eigenvalue weighted by atomic mass is 32.1. The molecule has 1 aromatic heterocycles. The van der Waals surface area contributed by atoms with E-state index in [-0.39, 0.29) is 5.92 Å². The molecule has 0 unspecified atom stereocenters. The van der Waals surface area contributed by atoms with E-state index in [1.165, 1.54) is 15.6 Å². The predicted octanol–water partition coefficient (Wildman–Crippen LogP) is 3.88. The molecule has 2 aromatic rings. The zero-order valence-corrected chi connectivity index (χ0v) is 15.0. The molecule has 0 aliphatic carbocycles. The van der Waals surface area contributed by atoms with Crippen molar-refractivity contribution in [2.24, 2.45) is 11.8 Å². The van der Waals surface area contributed by atoms with Crippen LogP contribution >= 0.6 is 11.3 Å². The van der Waals surface area contributed by atoms with Crippen LogP contribution in [-0.2, 0) is 11.3 Å². The first-order valence-corrected chi connectivity index (χ1v) is 9.41. The second kappa shape index (κ2) is 7.02. The number of carbonyl (C=O) groups is 1. The maximum Gasteiger partial charge on any atom is 0.225 e. The number of hydrogen-bond acceptors (Lipinski definition) is 3. The molecule has 1 amide bonds. The van der Waals surface area contributed by atoms with E-state index in [1.807, 2.05) is 30.1 Å². The number of hydrogen-bond donors (Lipinski definition) is 1. The number of nitrogens with zero attached hydrogens (tertiary/aromatic N) is 1. The van der Waals surface area contributed by atoms with E-state index in [0.717, 1.165) is 26.1 Å². The molecule has 2 heterocycles. The summed E-state index contributed by atoms with van der Waals surface area (Å²) in [7, 11) is 0. The smallest absolute Gasteiger partial charge is 0.225 e. The van der Waals surface area contributed by atoms with Crippen LogP contribution in [0.4, 0.5) is 0 Å². The monoisotopic (exact) mass is 330 g/mol. The summed E-state index contributed by atoms with van der Waals surface area (Å²) >= 11 is 1.82. The molecule has 1 fully saturated rings. The Labute approximate surface area is 142 Å². The zero-order chi connectivity index (χ0) is 16.4. The van der Waals surface area contributed by atoms with Gasteiger partial charge in [0, 0.05) is 36.3 Å². The van der Waals surface area contributed by atoms with E-state index in [4.69, 9.17) is 0 Å². The van der Waals surface area contributed by atoms with Gasteiger partial charge in [0.1, 0.15) is 0 Å². The van der Waals surface area contributed by atoms with Crippen LogP contribution in [0.1, 0.15) is 32.8 Å². The largest absolute Gasteiger partial charge is 0.342 e. The van der Waals surface area contributed by atoms with Crippen molar-refractivity contribution in [2.75, 3.05) is 13.1 Å². The molecule has 0 bridgehead atoms. The standard InChI is InChI=1S/C19H26N2OS/c1-13(2)19(22)21-9-8-17(14(3)11-21)20-10-15-12-23-18-7-5-4-6-16(15)18/h4-7,12-14,17,20H,8-11H2,1-3H3/t14-,17+/m0/s1. The molecule has 124 valence electrons. The van der Waals surface area contributed by atoms with Crippen LogP contribution in [0.25, 0.3) is 10.1 Å². The number of rotatable bonds is 4. The van der Waals surface area contributed by atoms with E-state index in [9.17, 15) is 4.79 Å². The van der Waals surface area contributed by atoms with Gasteiger partial charge in [0.2, 0.25) is 5.91 Å². The van der Waals surface area contributed by atoms with Gasteiger partial charge in [-0.15, -0.1) is 11.3 Å². The Hall–Kier alpha value is -1.39. The molecule has 0 radical (unpaired) electrons. The molecule has 4 heteroatoms. The third kappa shape index (κ3) is 3.59. The Kier molecular flexibility index (Phi) is 5.02. The average Bonchev–Trinajstić information content (AvgIpc) is 2.96. The Morgan fingerprint density at radius 2 is 2.17 bits per heavy atom. The first kappa shape index (κ1) is 16.5. The highest BCUT2D eigenvalue weighted by Crippen LogP contribution is 2.26. The van der Waals surface area contributed by atoms with E-state index >= 15 is 0 Å². The Balaban J connectivity index is 1.58. The van der Waals surface area contributed by atoms with Crippen LogP contribution in [0, 0.1) is 11.8 Å². The first-order valence-electron chi connectivity index (χ1n) is 8.53. The van der Waals surface area contributed by atoms with Crippen molar-refractivity contribution in [2.45, 2.75) is 39.8 Å². The molecule has 1 N–H and O–H groups in total. The summed E-state index contributed by atoms with van der Waals surface area (Å²) < 4.78 is 1.36. The van der Waals surface area contributed by atoms with Crippen molar-refractivity contribution in [3.8, 4) is 0 Å². The van der Waals surface area contributed by atoms with Gasteiger partial charge in [0.25, 0.3) is 0 Å². The maximum absolute atomic E-state index is 12.1. The van der Waals surface area contributed by atoms with Crippen LogP contribution in [0.15, 0.2) is 29.6 Å². The third-order valence-corrected chi connectivity index (χ3v) is 5.84. The molecule has 2 atom stereocenters. The molecular formula is C19H26N2OS. The fraction of sp³-hybridized carbons (Fsp3) is 0.526. The summed E-state index contributed by atoms with van der Waals surface area (Å²) in [6.45, 7) is 8.89. The molecule has 1 aliphatic heterocycles. The molecule has 23 heavy (non-hydrogen) atoms. The van der Waals surface area contributed by atoms with E-state index in [0.29, 0.717) is 17.9 Å². The molecule has 1 aromatic carbocycles. The van der Waals surface area contributed by atoms with E-state index in [1.54, 1.807) is 0 Å². The molecule has 3 rings (SSSR count). The maximum atomic E-state index is 12.1. The van der Waals surface area contributed by atoms with Gasteiger partial charge in [-0.3, -0.25) is 4.79 Å². The summed E-state index contributed by atoms with van der Waals surface area (Å²) in [6.07, 6.45) is 1.04. The predicted molar refractivity (Wildman–Crippen MR) is 97.7 cm³/mol. The van der Waals surface area contributed by atoms with Gasteiger partial charge in [0.05, 0.1) is 0 Å². The summed E-state index contributed by atoms with van der Waals surface area (Å²) in [6, 6.07) is 9.08. The summed E-state index contributed by atoms with van der Waals surface area (Å²) in [5.41, 5.74) is 1.39. The summed E-state index contributed by atoms with van der Waals surface area (Å²) in [5, 5.41) is 7.35.